The summed E-state index contributed by atoms with van der Waals surface area (Å²) in [5.41, 5.74) is 17.7. The molecule has 0 fully saturated rings. The highest BCUT2D eigenvalue weighted by molar-refractivity contribution is 7.02. The second-order valence-corrected chi connectivity index (χ2v) is 23.4. The predicted octanol–water partition coefficient (Wildman–Crippen LogP) is 14.3. The van der Waals surface area contributed by atoms with Crippen molar-refractivity contribution in [1.82, 2.24) is 0 Å². The number of ether oxygens (including phenoxy) is 6. The minimum absolute atomic E-state index is 0.243. The SMILES string of the molecule is c1ccc(N(c2ccccc2)c2cc3c4c(c2)Oc2cc5c(cc2B4c2ccccc2O3)B2c3cc4c(cc3Oc3cc(N(c6ccccc6)c6ccccc6)cc(c32)O5)Oc2cc(N(c3ccccc3)c3ccccc3)cc3c2B4c2ccccc2O3)cc1. The number of para-hydroxylation sites is 8. The van der Waals surface area contributed by atoms with Crippen molar-refractivity contribution in [2.24, 2.45) is 0 Å². The third-order valence-corrected chi connectivity index (χ3v) is 18.3. The number of hydrogen-bond donors (Lipinski definition) is 0. The van der Waals surface area contributed by atoms with Crippen molar-refractivity contribution in [1.29, 1.82) is 0 Å². The van der Waals surface area contributed by atoms with Gasteiger partial charge in [0, 0.05) is 99.0 Å². The molecule has 0 saturated heterocycles. The summed E-state index contributed by atoms with van der Waals surface area (Å²) in [6, 6.07) is 101. The van der Waals surface area contributed by atoms with Crippen LogP contribution in [0, 0.1) is 0 Å². The van der Waals surface area contributed by atoms with Crippen LogP contribution >= 0.6 is 0 Å². The van der Waals surface area contributed by atoms with Gasteiger partial charge in [-0.25, -0.2) is 0 Å². The molecule has 0 amide bonds. The Morgan fingerprint density at radius 2 is 0.378 bits per heavy atom. The van der Waals surface area contributed by atoms with E-state index in [2.05, 4.69) is 257 Å². The van der Waals surface area contributed by atoms with Gasteiger partial charge in [-0.2, -0.15) is 0 Å². The molecule has 0 radical (unpaired) electrons. The summed E-state index contributed by atoms with van der Waals surface area (Å²) in [6.45, 7) is -0.845. The molecule has 6 aliphatic heterocycles. The van der Waals surface area contributed by atoms with E-state index >= 15 is 0 Å². The number of hydrogen-bond acceptors (Lipinski definition) is 9. The monoisotopic (exact) mass is 1160 g/mol. The average molecular weight is 1160 g/mol. The van der Waals surface area contributed by atoms with Crippen LogP contribution in [0.25, 0.3) is 0 Å². The highest BCUT2D eigenvalue weighted by Gasteiger charge is 2.48. The number of anilines is 9. The van der Waals surface area contributed by atoms with Gasteiger partial charge in [0.1, 0.15) is 69.0 Å². The molecule has 420 valence electrons. The van der Waals surface area contributed by atoms with Gasteiger partial charge in [-0.15, -0.1) is 0 Å². The summed E-state index contributed by atoms with van der Waals surface area (Å²) in [7, 11) is 0. The summed E-state index contributed by atoms with van der Waals surface area (Å²) >= 11 is 0. The van der Waals surface area contributed by atoms with Crippen molar-refractivity contribution in [2.75, 3.05) is 14.7 Å². The minimum atomic E-state index is -0.360. The standard InChI is InChI=1S/C78H48B3N3O6/c1-7-23-49(24-8-1)82(50-25-9-2-10-26-50)55-39-70-76-72(41-55)87-66-47-68-62(45-60(66)79(76)58-35-19-21-37-64(58)85-70)81-63-46-61-67(48-69(63)90-75-44-57(43-74(89-68)78(75)81)84(53-31-15-5-16-32-53)54-33-17-6-18-34-54)88-73-42-56(40-71-77(73)80(61)59-36-20-22-38-65(59)86-71)83(51-27-11-3-12-28-51)52-29-13-4-14-30-52/h1-48H. The van der Waals surface area contributed by atoms with Gasteiger partial charge in [0.25, 0.3) is 20.1 Å². The van der Waals surface area contributed by atoms with E-state index in [1.165, 1.54) is 0 Å². The molecule has 90 heavy (non-hydrogen) atoms. The summed E-state index contributed by atoms with van der Waals surface area (Å²) in [4.78, 5) is 6.75. The number of fused-ring (bicyclic) bond motifs is 12. The van der Waals surface area contributed by atoms with Crippen LogP contribution in [0.1, 0.15) is 0 Å². The highest BCUT2D eigenvalue weighted by atomic mass is 16.5. The van der Waals surface area contributed by atoms with Crippen molar-refractivity contribution >= 4 is 120 Å². The Labute approximate surface area is 521 Å². The van der Waals surface area contributed by atoms with E-state index in [0.717, 1.165) is 123 Å². The second-order valence-electron chi connectivity index (χ2n) is 23.4. The molecular weight excluding hydrogens is 1110 g/mol. The van der Waals surface area contributed by atoms with Gasteiger partial charge in [-0.1, -0.05) is 158 Å². The first-order valence-electron chi connectivity index (χ1n) is 30.5. The molecule has 0 bridgehead atoms. The van der Waals surface area contributed by atoms with Crippen LogP contribution in [0.3, 0.4) is 0 Å². The average Bonchev–Trinajstić information content (AvgIpc) is 0.715. The van der Waals surface area contributed by atoms with Crippen LogP contribution < -0.4 is 92.3 Å². The Hall–Kier alpha value is -11.7. The van der Waals surface area contributed by atoms with Crippen LogP contribution in [0.15, 0.2) is 291 Å². The number of rotatable bonds is 9. The second kappa shape index (κ2) is 19.9. The van der Waals surface area contributed by atoms with Crippen molar-refractivity contribution in [3.63, 3.8) is 0 Å². The van der Waals surface area contributed by atoms with Gasteiger partial charge in [0.15, 0.2) is 0 Å². The van der Waals surface area contributed by atoms with Crippen LogP contribution in [-0.2, 0) is 0 Å². The van der Waals surface area contributed by atoms with Gasteiger partial charge in [-0.3, -0.25) is 0 Å². The van der Waals surface area contributed by atoms with Crippen molar-refractivity contribution in [2.45, 2.75) is 0 Å². The molecule has 19 rings (SSSR count). The van der Waals surface area contributed by atoms with Gasteiger partial charge < -0.3 is 43.1 Å². The lowest BCUT2D eigenvalue weighted by atomic mass is 9.30. The molecule has 13 aromatic rings. The number of nitrogens with zero attached hydrogens (tertiary/aromatic N) is 3. The van der Waals surface area contributed by atoms with Gasteiger partial charge >= 0.3 is 0 Å². The Morgan fingerprint density at radius 1 is 0.167 bits per heavy atom. The molecule has 0 aliphatic carbocycles. The molecule has 0 saturated carbocycles. The summed E-state index contributed by atoms with van der Waals surface area (Å²) in [5.74, 6) is 8.68. The fourth-order valence-corrected chi connectivity index (χ4v) is 14.5. The molecule has 13 aromatic carbocycles. The topological polar surface area (TPSA) is 65.1 Å². The van der Waals surface area contributed by atoms with Crippen LogP contribution in [0.5, 0.6) is 69.0 Å². The smallest absolute Gasteiger partial charge is 0.260 e. The molecule has 6 heterocycles. The van der Waals surface area contributed by atoms with Crippen LogP contribution in [-0.4, -0.2) is 20.1 Å². The third kappa shape index (κ3) is 7.87. The van der Waals surface area contributed by atoms with E-state index in [1.54, 1.807) is 0 Å². The van der Waals surface area contributed by atoms with Crippen molar-refractivity contribution < 1.29 is 28.4 Å². The first kappa shape index (κ1) is 50.4. The Kier molecular flexibility index (Phi) is 11.1. The molecule has 0 unspecified atom stereocenters. The predicted molar refractivity (Wildman–Crippen MR) is 364 cm³/mol. The van der Waals surface area contributed by atoms with E-state index < -0.39 is 0 Å². The van der Waals surface area contributed by atoms with E-state index in [9.17, 15) is 0 Å². The Bertz CT molecular complexity index is 4680. The Balaban J connectivity index is 0.813. The normalized spacial score (nSPS) is 13.1. The van der Waals surface area contributed by atoms with Gasteiger partial charge in [0.05, 0.1) is 17.1 Å². The Morgan fingerprint density at radius 3 is 0.633 bits per heavy atom. The van der Waals surface area contributed by atoms with E-state index in [4.69, 9.17) is 28.4 Å². The maximum Gasteiger partial charge on any atom is 0.260 e. The maximum atomic E-state index is 7.41. The highest BCUT2D eigenvalue weighted by Crippen LogP contribution is 2.48. The maximum absolute atomic E-state index is 7.41. The van der Waals surface area contributed by atoms with Crippen LogP contribution in [0.2, 0.25) is 0 Å². The molecule has 12 heteroatoms. The largest absolute Gasteiger partial charge is 0.458 e. The first-order chi connectivity index (χ1) is 44.6. The summed E-state index contributed by atoms with van der Waals surface area (Å²) in [6.07, 6.45) is 0. The molecular formula is C78H48B3N3O6. The summed E-state index contributed by atoms with van der Waals surface area (Å²) < 4.78 is 43.4. The quantitative estimate of drug-likeness (QED) is 0.132. The van der Waals surface area contributed by atoms with Crippen LogP contribution in [0.4, 0.5) is 51.2 Å². The lowest BCUT2D eigenvalue weighted by Crippen LogP contribution is -2.63. The minimum Gasteiger partial charge on any atom is -0.458 e. The van der Waals surface area contributed by atoms with Crippen molar-refractivity contribution in [3.05, 3.63) is 291 Å². The fourth-order valence-electron chi connectivity index (χ4n) is 14.5. The zero-order valence-corrected chi connectivity index (χ0v) is 48.2. The molecule has 9 nitrogen and oxygen atoms in total. The zero-order chi connectivity index (χ0) is 59.0. The van der Waals surface area contributed by atoms with Gasteiger partial charge in [0.2, 0.25) is 0 Å². The molecule has 6 aliphatic rings. The lowest BCUT2D eigenvalue weighted by Gasteiger charge is -2.39. The molecule has 0 N–H and O–H groups in total. The van der Waals surface area contributed by atoms with E-state index in [-0.39, 0.29) is 20.1 Å². The fraction of sp³-hybridized carbons (Fsp3) is 0. The van der Waals surface area contributed by atoms with E-state index in [0.29, 0.717) is 46.0 Å². The molecule has 0 atom stereocenters. The van der Waals surface area contributed by atoms with Gasteiger partial charge in [-0.05, 0) is 118 Å². The number of benzene rings is 13. The summed E-state index contributed by atoms with van der Waals surface area (Å²) in [5, 5.41) is 0. The molecule has 0 aromatic heterocycles. The lowest BCUT2D eigenvalue weighted by molar-refractivity contribution is 0.448. The zero-order valence-electron chi connectivity index (χ0n) is 48.2. The first-order valence-corrected chi connectivity index (χ1v) is 30.5. The molecule has 0 spiro atoms. The van der Waals surface area contributed by atoms with E-state index in [1.807, 2.05) is 48.5 Å². The van der Waals surface area contributed by atoms with Crippen molar-refractivity contribution in [3.8, 4) is 69.0 Å². The third-order valence-electron chi connectivity index (χ3n) is 18.3.